The molecular formula is C22H17ClFN3O3. The van der Waals surface area contributed by atoms with Gasteiger partial charge < -0.3 is 9.15 Å². The van der Waals surface area contributed by atoms with Crippen LogP contribution in [-0.2, 0) is 11.3 Å². The van der Waals surface area contributed by atoms with Gasteiger partial charge in [0.2, 0.25) is 5.89 Å². The molecule has 2 heterocycles. The number of esters is 1. The Bertz CT molecular complexity index is 1200. The average molecular weight is 426 g/mol. The second-order valence-electron chi connectivity index (χ2n) is 6.60. The van der Waals surface area contributed by atoms with Crippen LogP contribution in [-0.4, -0.2) is 20.7 Å². The van der Waals surface area contributed by atoms with Crippen molar-refractivity contribution in [2.24, 2.45) is 0 Å². The molecule has 2 aromatic carbocycles. The summed E-state index contributed by atoms with van der Waals surface area (Å²) < 4.78 is 25.6. The molecule has 0 fully saturated rings. The molecule has 0 N–H and O–H groups in total. The molecule has 2 aromatic heterocycles. The number of carbonyl (C=O) groups is 1. The van der Waals surface area contributed by atoms with Crippen LogP contribution in [0.5, 0.6) is 0 Å². The lowest BCUT2D eigenvalue weighted by Crippen LogP contribution is -2.07. The van der Waals surface area contributed by atoms with Gasteiger partial charge in [0.05, 0.1) is 11.4 Å². The first kappa shape index (κ1) is 19.8. The summed E-state index contributed by atoms with van der Waals surface area (Å²) in [5.74, 6) is 0.00901. The van der Waals surface area contributed by atoms with Crippen molar-refractivity contribution in [1.29, 1.82) is 0 Å². The molecule has 8 heteroatoms. The molecule has 152 valence electrons. The third-order valence-corrected chi connectivity index (χ3v) is 4.88. The van der Waals surface area contributed by atoms with Crippen molar-refractivity contribution >= 4 is 17.6 Å². The number of hydrogen-bond donors (Lipinski definition) is 0. The van der Waals surface area contributed by atoms with Crippen LogP contribution < -0.4 is 0 Å². The van der Waals surface area contributed by atoms with E-state index in [2.05, 4.69) is 10.1 Å². The average Bonchev–Trinajstić information content (AvgIpc) is 3.26. The maximum atomic E-state index is 13.2. The van der Waals surface area contributed by atoms with Crippen LogP contribution in [0.15, 0.2) is 59.0 Å². The molecule has 0 saturated carbocycles. The molecule has 0 atom stereocenters. The lowest BCUT2D eigenvalue weighted by Gasteiger charge is -2.04. The molecule has 4 rings (SSSR count). The number of aryl methyl sites for hydroxylation is 2. The lowest BCUT2D eigenvalue weighted by molar-refractivity contribution is 0.0466. The molecule has 4 aromatic rings. The Morgan fingerprint density at radius 1 is 1.13 bits per heavy atom. The molecule has 0 spiro atoms. The van der Waals surface area contributed by atoms with E-state index in [1.54, 1.807) is 13.8 Å². The van der Waals surface area contributed by atoms with Crippen molar-refractivity contribution in [3.63, 3.8) is 0 Å². The van der Waals surface area contributed by atoms with Crippen molar-refractivity contribution in [2.75, 3.05) is 0 Å². The van der Waals surface area contributed by atoms with Gasteiger partial charge in [-0.1, -0.05) is 29.8 Å². The van der Waals surface area contributed by atoms with Crippen molar-refractivity contribution < 1.29 is 18.3 Å². The maximum absolute atomic E-state index is 13.2. The van der Waals surface area contributed by atoms with Gasteiger partial charge in [0, 0.05) is 5.56 Å². The van der Waals surface area contributed by atoms with E-state index < -0.39 is 5.97 Å². The zero-order chi connectivity index (χ0) is 21.3. The van der Waals surface area contributed by atoms with Crippen LogP contribution in [0.3, 0.4) is 0 Å². The lowest BCUT2D eigenvalue weighted by atomic mass is 10.2. The molecule has 0 aliphatic rings. The van der Waals surface area contributed by atoms with Crippen LogP contribution in [0.25, 0.3) is 17.1 Å². The summed E-state index contributed by atoms with van der Waals surface area (Å²) in [6, 6.07) is 15.1. The topological polar surface area (TPSA) is 70.2 Å². The number of rotatable bonds is 5. The number of benzene rings is 2. The molecule has 0 bridgehead atoms. The Morgan fingerprint density at radius 2 is 1.83 bits per heavy atom. The summed E-state index contributed by atoms with van der Waals surface area (Å²) in [6.45, 7) is 3.34. The first-order valence-corrected chi connectivity index (χ1v) is 9.51. The van der Waals surface area contributed by atoms with Gasteiger partial charge in [0.15, 0.2) is 0 Å². The Balaban J connectivity index is 1.53. The smallest absolute Gasteiger partial charge is 0.343 e. The molecule has 0 aliphatic heterocycles. The monoisotopic (exact) mass is 425 g/mol. The van der Waals surface area contributed by atoms with Crippen LogP contribution in [0.2, 0.25) is 5.15 Å². The van der Waals surface area contributed by atoms with Crippen molar-refractivity contribution in [1.82, 2.24) is 14.8 Å². The Labute approximate surface area is 176 Å². The van der Waals surface area contributed by atoms with E-state index in [1.165, 1.54) is 28.9 Å². The molecule has 0 saturated heterocycles. The summed E-state index contributed by atoms with van der Waals surface area (Å²) in [7, 11) is 0. The number of nitrogens with zero attached hydrogens (tertiary/aromatic N) is 3. The van der Waals surface area contributed by atoms with E-state index in [0.717, 1.165) is 5.56 Å². The van der Waals surface area contributed by atoms with Crippen molar-refractivity contribution in [3.05, 3.63) is 88.3 Å². The zero-order valence-electron chi connectivity index (χ0n) is 16.2. The van der Waals surface area contributed by atoms with Crippen LogP contribution in [0.1, 0.15) is 27.5 Å². The summed E-state index contributed by atoms with van der Waals surface area (Å²) >= 11 is 6.37. The predicted molar refractivity (Wildman–Crippen MR) is 109 cm³/mol. The molecule has 6 nitrogen and oxygen atoms in total. The first-order chi connectivity index (χ1) is 14.4. The number of halogens is 2. The second kappa shape index (κ2) is 8.12. The second-order valence-corrected chi connectivity index (χ2v) is 6.96. The third kappa shape index (κ3) is 3.84. The third-order valence-electron chi connectivity index (χ3n) is 4.53. The highest BCUT2D eigenvalue weighted by molar-refractivity contribution is 6.33. The van der Waals surface area contributed by atoms with Crippen LogP contribution in [0.4, 0.5) is 4.39 Å². The molecule has 0 unspecified atom stereocenters. The molecule has 0 aliphatic carbocycles. The SMILES string of the molecule is Cc1nn(-c2ccc(F)cc2)c(Cl)c1C(=O)OCc1nc(-c2ccccc2)oc1C. The fourth-order valence-corrected chi connectivity index (χ4v) is 3.31. The fourth-order valence-electron chi connectivity index (χ4n) is 2.96. The highest BCUT2D eigenvalue weighted by atomic mass is 35.5. The molecule has 0 radical (unpaired) electrons. The van der Waals surface area contributed by atoms with Gasteiger partial charge in [0.25, 0.3) is 0 Å². The molecule has 30 heavy (non-hydrogen) atoms. The van der Waals surface area contributed by atoms with Gasteiger partial charge in [-0.25, -0.2) is 18.9 Å². The summed E-state index contributed by atoms with van der Waals surface area (Å²) in [6.07, 6.45) is 0. The van der Waals surface area contributed by atoms with E-state index in [0.29, 0.717) is 28.7 Å². The van der Waals surface area contributed by atoms with E-state index in [4.69, 9.17) is 20.8 Å². The Morgan fingerprint density at radius 3 is 2.53 bits per heavy atom. The van der Waals surface area contributed by atoms with Gasteiger partial charge in [-0.15, -0.1) is 0 Å². The maximum Gasteiger partial charge on any atom is 0.343 e. The normalized spacial score (nSPS) is 10.9. The first-order valence-electron chi connectivity index (χ1n) is 9.14. The minimum absolute atomic E-state index is 0.0709. The minimum Gasteiger partial charge on any atom is -0.455 e. The number of oxazole rings is 1. The largest absolute Gasteiger partial charge is 0.455 e. The van der Waals surface area contributed by atoms with Gasteiger partial charge in [-0.3, -0.25) is 0 Å². The fraction of sp³-hybridized carbons (Fsp3) is 0.136. The van der Waals surface area contributed by atoms with E-state index in [-0.39, 0.29) is 23.1 Å². The highest BCUT2D eigenvalue weighted by Crippen LogP contribution is 2.26. The Kier molecular flexibility index (Phi) is 5.37. The van der Waals surface area contributed by atoms with Gasteiger partial charge >= 0.3 is 5.97 Å². The van der Waals surface area contributed by atoms with Crippen molar-refractivity contribution in [3.8, 4) is 17.1 Å². The summed E-state index contributed by atoms with van der Waals surface area (Å²) in [4.78, 5) is 17.1. The summed E-state index contributed by atoms with van der Waals surface area (Å²) in [5.41, 5.74) is 2.42. The van der Waals surface area contributed by atoms with E-state index in [9.17, 15) is 9.18 Å². The van der Waals surface area contributed by atoms with E-state index >= 15 is 0 Å². The Hall–Kier alpha value is -3.45. The predicted octanol–water partition coefficient (Wildman–Crippen LogP) is 5.29. The molecular weight excluding hydrogens is 409 g/mol. The summed E-state index contributed by atoms with van der Waals surface area (Å²) in [5, 5.41) is 4.36. The van der Waals surface area contributed by atoms with Crippen LogP contribution >= 0.6 is 11.6 Å². The highest BCUT2D eigenvalue weighted by Gasteiger charge is 2.23. The van der Waals surface area contributed by atoms with Gasteiger partial charge in [-0.05, 0) is 50.2 Å². The number of carbonyl (C=O) groups excluding carboxylic acids is 1. The zero-order valence-corrected chi connectivity index (χ0v) is 17.0. The van der Waals surface area contributed by atoms with E-state index in [1.807, 2.05) is 30.3 Å². The molecule has 0 amide bonds. The standard InChI is InChI=1S/C22H17ClFN3O3/c1-13-19(20(23)27(26-13)17-10-8-16(24)9-11-17)22(28)29-12-18-14(2)30-21(25-18)15-6-4-3-5-7-15/h3-11H,12H2,1-2H3. The number of aromatic nitrogens is 3. The van der Waals surface area contributed by atoms with Crippen molar-refractivity contribution in [2.45, 2.75) is 20.5 Å². The van der Waals surface area contributed by atoms with Crippen LogP contribution in [0, 0.1) is 19.7 Å². The van der Waals surface area contributed by atoms with Gasteiger partial charge in [-0.2, -0.15) is 5.10 Å². The minimum atomic E-state index is -0.630. The number of hydrogen-bond acceptors (Lipinski definition) is 5. The van der Waals surface area contributed by atoms with Gasteiger partial charge in [0.1, 0.15) is 34.6 Å². The number of ether oxygens (including phenoxy) is 1. The quantitative estimate of drug-likeness (QED) is 0.406.